The van der Waals surface area contributed by atoms with Gasteiger partial charge in [-0.15, -0.1) is 0 Å². The fraction of sp³-hybridized carbons (Fsp3) is 0.130. The highest BCUT2D eigenvalue weighted by Gasteiger charge is 2.08. The number of hydrogen-bond acceptors (Lipinski definition) is 3. The Balaban J connectivity index is 1.61. The molecule has 0 aromatic heterocycles. The number of amides is 1. The van der Waals surface area contributed by atoms with E-state index in [0.29, 0.717) is 21.5 Å². The highest BCUT2D eigenvalue weighted by molar-refractivity contribution is 9.10. The first kappa shape index (κ1) is 22.3. The summed E-state index contributed by atoms with van der Waals surface area (Å²) in [7, 11) is 0. The molecule has 3 aromatic carbocycles. The van der Waals surface area contributed by atoms with Crippen molar-refractivity contribution < 1.29 is 9.53 Å². The molecule has 0 bridgehead atoms. The number of aryl methyl sites for hydroxylation is 1. The Morgan fingerprint density at radius 2 is 1.90 bits per heavy atom. The largest absolute Gasteiger partial charge is 0.483 e. The number of benzene rings is 3. The monoisotopic (exact) mass is 504 g/mol. The van der Waals surface area contributed by atoms with Crippen LogP contribution in [0.3, 0.4) is 0 Å². The molecule has 1 amide bonds. The lowest BCUT2D eigenvalue weighted by molar-refractivity contribution is -0.118. The summed E-state index contributed by atoms with van der Waals surface area (Å²) in [5.41, 5.74) is 4.19. The van der Waals surface area contributed by atoms with Crippen LogP contribution in [-0.4, -0.2) is 18.7 Å². The van der Waals surface area contributed by atoms with Crippen LogP contribution in [0.4, 0.5) is 11.4 Å². The van der Waals surface area contributed by atoms with Crippen LogP contribution in [0.5, 0.6) is 5.75 Å². The van der Waals surface area contributed by atoms with Crippen molar-refractivity contribution in [3.05, 3.63) is 85.8 Å². The minimum Gasteiger partial charge on any atom is -0.483 e. The van der Waals surface area contributed by atoms with Crippen LogP contribution >= 0.6 is 39.1 Å². The van der Waals surface area contributed by atoms with Crippen molar-refractivity contribution in [2.75, 3.05) is 11.9 Å². The molecule has 0 spiro atoms. The van der Waals surface area contributed by atoms with Crippen LogP contribution in [0.2, 0.25) is 10.0 Å². The molecule has 0 heterocycles. The van der Waals surface area contributed by atoms with E-state index in [-0.39, 0.29) is 12.5 Å². The van der Waals surface area contributed by atoms with Gasteiger partial charge in [-0.3, -0.25) is 9.79 Å². The Morgan fingerprint density at radius 3 is 2.63 bits per heavy atom. The molecule has 0 aliphatic carbocycles. The number of aliphatic imine (C=N–C) groups is 1. The minimum atomic E-state index is -0.274. The number of nitrogens with one attached hydrogen (secondary N) is 1. The number of hydrogen-bond donors (Lipinski definition) is 1. The average molecular weight is 506 g/mol. The molecular formula is C23H19BrCl2N2O2. The average Bonchev–Trinajstić information content (AvgIpc) is 2.71. The number of carbonyl (C=O) groups excluding carboxylic acids is 1. The van der Waals surface area contributed by atoms with E-state index in [1.807, 2.05) is 50.2 Å². The Labute approximate surface area is 194 Å². The quantitative estimate of drug-likeness (QED) is 0.362. The summed E-state index contributed by atoms with van der Waals surface area (Å²) in [5, 5.41) is 4.04. The van der Waals surface area contributed by atoms with E-state index < -0.39 is 0 Å². The van der Waals surface area contributed by atoms with Gasteiger partial charge in [0, 0.05) is 21.9 Å². The normalized spacial score (nSPS) is 11.0. The van der Waals surface area contributed by atoms with Gasteiger partial charge in [0.15, 0.2) is 6.61 Å². The summed E-state index contributed by atoms with van der Waals surface area (Å²) >= 11 is 15.7. The number of carbonyl (C=O) groups is 1. The van der Waals surface area contributed by atoms with Gasteiger partial charge in [-0.25, -0.2) is 0 Å². The molecule has 0 unspecified atom stereocenters. The zero-order chi connectivity index (χ0) is 21.7. The molecule has 154 valence electrons. The van der Waals surface area contributed by atoms with Gasteiger partial charge in [-0.2, -0.15) is 0 Å². The number of nitrogens with zero attached hydrogens (tertiary/aromatic N) is 1. The van der Waals surface area contributed by atoms with Crippen LogP contribution in [0, 0.1) is 13.8 Å². The molecule has 0 saturated heterocycles. The van der Waals surface area contributed by atoms with Gasteiger partial charge in [0.05, 0.1) is 10.2 Å². The molecule has 3 aromatic rings. The van der Waals surface area contributed by atoms with Crippen molar-refractivity contribution in [2.24, 2.45) is 4.99 Å². The first-order chi connectivity index (χ1) is 14.3. The molecule has 7 heteroatoms. The van der Waals surface area contributed by atoms with Gasteiger partial charge >= 0.3 is 0 Å². The third kappa shape index (κ3) is 5.85. The Morgan fingerprint density at radius 1 is 1.10 bits per heavy atom. The summed E-state index contributed by atoms with van der Waals surface area (Å²) in [5.74, 6) is 0.284. The van der Waals surface area contributed by atoms with Crippen LogP contribution in [-0.2, 0) is 4.79 Å². The molecule has 0 fully saturated rings. The number of ether oxygens (including phenoxy) is 1. The molecule has 0 aliphatic rings. The Bertz CT molecular complexity index is 1120. The highest BCUT2D eigenvalue weighted by atomic mass is 79.9. The van der Waals surface area contributed by atoms with Crippen molar-refractivity contribution in [1.82, 2.24) is 0 Å². The fourth-order valence-corrected chi connectivity index (χ4v) is 3.47. The van der Waals surface area contributed by atoms with Gasteiger partial charge in [0.2, 0.25) is 0 Å². The third-order valence-corrected chi connectivity index (χ3v) is 5.80. The van der Waals surface area contributed by atoms with E-state index in [1.54, 1.807) is 24.4 Å². The smallest absolute Gasteiger partial charge is 0.262 e. The van der Waals surface area contributed by atoms with Gasteiger partial charge in [-0.1, -0.05) is 35.3 Å². The third-order valence-electron chi connectivity index (χ3n) is 4.36. The molecule has 0 aliphatic heterocycles. The van der Waals surface area contributed by atoms with Crippen LogP contribution in [0.15, 0.2) is 64.1 Å². The second-order valence-electron chi connectivity index (χ2n) is 6.63. The topological polar surface area (TPSA) is 50.7 Å². The molecule has 1 N–H and O–H groups in total. The Kier molecular flexibility index (Phi) is 7.53. The van der Waals surface area contributed by atoms with E-state index in [1.165, 1.54) is 0 Å². The van der Waals surface area contributed by atoms with Gasteiger partial charge < -0.3 is 10.1 Å². The summed E-state index contributed by atoms with van der Waals surface area (Å²) in [4.78, 5) is 16.6. The summed E-state index contributed by atoms with van der Waals surface area (Å²) < 4.78 is 6.35. The lowest BCUT2D eigenvalue weighted by Crippen LogP contribution is -2.20. The van der Waals surface area contributed by atoms with Gasteiger partial charge in [0.25, 0.3) is 5.91 Å². The molecule has 3 rings (SSSR count). The zero-order valence-electron chi connectivity index (χ0n) is 16.4. The highest BCUT2D eigenvalue weighted by Crippen LogP contribution is 2.28. The predicted molar refractivity (Wildman–Crippen MR) is 128 cm³/mol. The zero-order valence-corrected chi connectivity index (χ0v) is 19.5. The Hall–Kier alpha value is -2.34. The van der Waals surface area contributed by atoms with Crippen molar-refractivity contribution in [3.63, 3.8) is 0 Å². The van der Waals surface area contributed by atoms with Gasteiger partial charge in [-0.05, 0) is 88.9 Å². The minimum absolute atomic E-state index is 0.126. The maximum atomic E-state index is 12.2. The fourth-order valence-electron chi connectivity index (χ4n) is 2.61. The lowest BCUT2D eigenvalue weighted by atomic mass is 10.2. The maximum Gasteiger partial charge on any atom is 0.262 e. The van der Waals surface area contributed by atoms with Crippen molar-refractivity contribution >= 4 is 62.6 Å². The summed E-state index contributed by atoms with van der Waals surface area (Å²) in [6, 6.07) is 16.5. The molecule has 4 nitrogen and oxygen atoms in total. The molecule has 0 saturated carbocycles. The lowest BCUT2D eigenvalue weighted by Gasteiger charge is -2.10. The number of anilines is 1. The summed E-state index contributed by atoms with van der Waals surface area (Å²) in [6.45, 7) is 3.70. The van der Waals surface area contributed by atoms with Gasteiger partial charge in [0.1, 0.15) is 5.75 Å². The number of rotatable bonds is 6. The van der Waals surface area contributed by atoms with Crippen LogP contribution in [0.25, 0.3) is 0 Å². The van der Waals surface area contributed by atoms with Crippen molar-refractivity contribution in [1.29, 1.82) is 0 Å². The molecule has 0 radical (unpaired) electrons. The van der Waals surface area contributed by atoms with Crippen LogP contribution in [0.1, 0.15) is 16.7 Å². The summed E-state index contributed by atoms with van der Waals surface area (Å²) in [6.07, 6.45) is 1.75. The van der Waals surface area contributed by atoms with Crippen LogP contribution < -0.4 is 10.1 Å². The maximum absolute atomic E-state index is 12.2. The predicted octanol–water partition coefficient (Wildman–Crippen LogP) is 7.14. The van der Waals surface area contributed by atoms with E-state index >= 15 is 0 Å². The standard InChI is InChI=1S/C23H19BrCl2N2O2/c1-14-6-8-17(11-20(14)26)28-23(29)13-30-22-9-7-16(10-18(22)24)12-27-21-5-3-4-19(25)15(21)2/h3-12H,13H2,1-2H3,(H,28,29). The van der Waals surface area contributed by atoms with E-state index in [4.69, 9.17) is 27.9 Å². The molecular weight excluding hydrogens is 487 g/mol. The van der Waals surface area contributed by atoms with E-state index in [0.717, 1.165) is 26.9 Å². The first-order valence-electron chi connectivity index (χ1n) is 9.11. The first-order valence-corrected chi connectivity index (χ1v) is 10.7. The SMILES string of the molecule is Cc1ccc(NC(=O)COc2ccc(C=Nc3cccc(Cl)c3C)cc2Br)cc1Cl. The second kappa shape index (κ2) is 10.1. The van der Waals surface area contributed by atoms with Crippen molar-refractivity contribution in [2.45, 2.75) is 13.8 Å². The molecule has 0 atom stereocenters. The van der Waals surface area contributed by atoms with E-state index in [2.05, 4.69) is 26.2 Å². The second-order valence-corrected chi connectivity index (χ2v) is 8.30. The molecule has 30 heavy (non-hydrogen) atoms. The number of halogens is 3. The van der Waals surface area contributed by atoms with E-state index in [9.17, 15) is 4.79 Å². The van der Waals surface area contributed by atoms with Crippen molar-refractivity contribution in [3.8, 4) is 5.75 Å².